The number of rotatable bonds is 5. The van der Waals surface area contributed by atoms with Gasteiger partial charge in [0, 0.05) is 0 Å². The molecule has 0 unspecified atom stereocenters. The van der Waals surface area contributed by atoms with Crippen molar-refractivity contribution in [3.8, 4) is 5.75 Å². The summed E-state index contributed by atoms with van der Waals surface area (Å²) >= 11 is 5.99. The summed E-state index contributed by atoms with van der Waals surface area (Å²) in [5.41, 5.74) is 6.63. The lowest BCUT2D eigenvalue weighted by Crippen LogP contribution is -2.12. The number of benzene rings is 1. The number of hydrogen-bond donors (Lipinski definition) is 1. The second-order valence-corrected chi connectivity index (χ2v) is 4.18. The molecule has 2 N–H and O–H groups in total. The fourth-order valence-corrected chi connectivity index (χ4v) is 1.88. The predicted molar refractivity (Wildman–Crippen MR) is 70.8 cm³/mol. The number of ether oxygens (including phenoxy) is 1. The first-order chi connectivity index (χ1) is 8.72. The fourth-order valence-electron chi connectivity index (χ4n) is 1.69. The molecule has 0 spiro atoms. The first-order valence-electron chi connectivity index (χ1n) is 5.77. The zero-order chi connectivity index (χ0) is 13.0. The van der Waals surface area contributed by atoms with E-state index in [1.807, 2.05) is 25.1 Å². The van der Waals surface area contributed by atoms with Gasteiger partial charge in [-0.2, -0.15) is 0 Å². The summed E-state index contributed by atoms with van der Waals surface area (Å²) in [5.74, 6) is 1.15. The van der Waals surface area contributed by atoms with Crippen LogP contribution in [0.4, 0.5) is 5.82 Å². The largest absolute Gasteiger partial charge is 0.490 e. The van der Waals surface area contributed by atoms with Crippen LogP contribution in [0.5, 0.6) is 5.75 Å². The molecule has 2 aromatic rings. The molecule has 0 amide bonds. The van der Waals surface area contributed by atoms with Crippen LogP contribution in [-0.4, -0.2) is 21.6 Å². The third-order valence-corrected chi connectivity index (χ3v) is 2.91. The molecule has 0 aliphatic rings. The second-order valence-electron chi connectivity index (χ2n) is 3.78. The van der Waals surface area contributed by atoms with Crippen LogP contribution in [0.1, 0.15) is 12.6 Å². The molecule has 18 heavy (non-hydrogen) atoms. The third kappa shape index (κ3) is 2.73. The number of nitrogens with zero attached hydrogens (tertiary/aromatic N) is 3. The summed E-state index contributed by atoms with van der Waals surface area (Å²) in [6.07, 6.45) is 0.797. The summed E-state index contributed by atoms with van der Waals surface area (Å²) < 4.78 is 7.34. The maximum atomic E-state index is 5.99. The van der Waals surface area contributed by atoms with Gasteiger partial charge in [0.05, 0.1) is 17.3 Å². The van der Waals surface area contributed by atoms with Gasteiger partial charge in [-0.25, -0.2) is 4.68 Å². The molecule has 0 bridgehead atoms. The maximum Gasteiger partial charge on any atom is 0.169 e. The van der Waals surface area contributed by atoms with Gasteiger partial charge < -0.3 is 10.5 Å². The van der Waals surface area contributed by atoms with E-state index in [0.29, 0.717) is 29.7 Å². The minimum atomic E-state index is 0.472. The van der Waals surface area contributed by atoms with Crippen molar-refractivity contribution in [3.05, 3.63) is 35.0 Å². The number of para-hydroxylation sites is 1. The molecule has 1 aromatic heterocycles. The van der Waals surface area contributed by atoms with Crippen LogP contribution < -0.4 is 10.5 Å². The van der Waals surface area contributed by atoms with Crippen molar-refractivity contribution in [1.82, 2.24) is 15.0 Å². The van der Waals surface area contributed by atoms with Crippen molar-refractivity contribution < 1.29 is 4.74 Å². The minimum Gasteiger partial charge on any atom is -0.490 e. The van der Waals surface area contributed by atoms with Crippen molar-refractivity contribution in [3.63, 3.8) is 0 Å². The third-order valence-electron chi connectivity index (χ3n) is 2.60. The van der Waals surface area contributed by atoms with E-state index in [1.54, 1.807) is 10.7 Å². The normalized spacial score (nSPS) is 10.6. The van der Waals surface area contributed by atoms with Crippen molar-refractivity contribution in [1.29, 1.82) is 0 Å². The van der Waals surface area contributed by atoms with Crippen LogP contribution >= 0.6 is 11.6 Å². The molecule has 0 aliphatic carbocycles. The van der Waals surface area contributed by atoms with Gasteiger partial charge in [0.25, 0.3) is 0 Å². The van der Waals surface area contributed by atoms with Crippen LogP contribution in [0.15, 0.2) is 24.3 Å². The van der Waals surface area contributed by atoms with Gasteiger partial charge in [-0.05, 0) is 18.6 Å². The van der Waals surface area contributed by atoms with Gasteiger partial charge >= 0.3 is 0 Å². The number of nitrogen functional groups attached to an aromatic ring is 1. The Labute approximate surface area is 111 Å². The standard InChI is InChI=1S/C12H15ClN4O/c1-2-10-12(14)15-16-17(10)7-8-18-11-6-4-3-5-9(11)13/h3-6H,2,7-8,14H2,1H3. The van der Waals surface area contributed by atoms with E-state index < -0.39 is 0 Å². The lowest BCUT2D eigenvalue weighted by molar-refractivity contribution is 0.288. The van der Waals surface area contributed by atoms with Gasteiger partial charge in [-0.3, -0.25) is 0 Å². The Morgan fingerprint density at radius 2 is 2.17 bits per heavy atom. The number of nitrogens with two attached hydrogens (primary N) is 1. The van der Waals surface area contributed by atoms with E-state index in [0.717, 1.165) is 12.1 Å². The summed E-state index contributed by atoms with van der Waals surface area (Å²) in [4.78, 5) is 0. The van der Waals surface area contributed by atoms with Crippen LogP contribution in [0.2, 0.25) is 5.02 Å². The lowest BCUT2D eigenvalue weighted by atomic mass is 10.3. The Hall–Kier alpha value is -1.75. The highest BCUT2D eigenvalue weighted by Crippen LogP contribution is 2.23. The van der Waals surface area contributed by atoms with Crippen LogP contribution in [0.25, 0.3) is 0 Å². The highest BCUT2D eigenvalue weighted by atomic mass is 35.5. The van der Waals surface area contributed by atoms with Gasteiger partial charge in [0.1, 0.15) is 12.4 Å². The van der Waals surface area contributed by atoms with E-state index in [1.165, 1.54) is 0 Å². The highest BCUT2D eigenvalue weighted by molar-refractivity contribution is 6.32. The molecule has 0 aliphatic heterocycles. The predicted octanol–water partition coefficient (Wildman–Crippen LogP) is 2.16. The van der Waals surface area contributed by atoms with Crippen molar-refractivity contribution >= 4 is 17.4 Å². The number of halogens is 1. The Morgan fingerprint density at radius 3 is 2.89 bits per heavy atom. The van der Waals surface area contributed by atoms with Crippen molar-refractivity contribution in [2.24, 2.45) is 0 Å². The molecule has 6 heteroatoms. The number of anilines is 1. The van der Waals surface area contributed by atoms with E-state index in [9.17, 15) is 0 Å². The molecular weight excluding hydrogens is 252 g/mol. The highest BCUT2D eigenvalue weighted by Gasteiger charge is 2.08. The van der Waals surface area contributed by atoms with Crippen LogP contribution in [0, 0.1) is 0 Å². The molecule has 0 atom stereocenters. The Kier molecular flexibility index (Phi) is 4.04. The molecule has 2 rings (SSSR count). The Morgan fingerprint density at radius 1 is 1.39 bits per heavy atom. The Balaban J connectivity index is 1.95. The smallest absolute Gasteiger partial charge is 0.169 e. The average molecular weight is 267 g/mol. The SMILES string of the molecule is CCc1c(N)nnn1CCOc1ccccc1Cl. The first kappa shape index (κ1) is 12.7. The summed E-state index contributed by atoms with van der Waals surface area (Å²) in [6, 6.07) is 7.37. The molecule has 96 valence electrons. The Bertz CT molecular complexity index is 527. The first-order valence-corrected chi connectivity index (χ1v) is 6.15. The molecule has 0 saturated heterocycles. The second kappa shape index (κ2) is 5.73. The monoisotopic (exact) mass is 266 g/mol. The van der Waals surface area contributed by atoms with Crippen LogP contribution in [0.3, 0.4) is 0 Å². The van der Waals surface area contributed by atoms with E-state index in [-0.39, 0.29) is 0 Å². The van der Waals surface area contributed by atoms with Crippen molar-refractivity contribution in [2.75, 3.05) is 12.3 Å². The molecule has 0 radical (unpaired) electrons. The average Bonchev–Trinajstić information content (AvgIpc) is 2.72. The maximum absolute atomic E-state index is 5.99. The van der Waals surface area contributed by atoms with Gasteiger partial charge in [0.2, 0.25) is 0 Å². The molecule has 0 fully saturated rings. The minimum absolute atomic E-state index is 0.472. The molecule has 1 aromatic carbocycles. The number of hydrogen-bond acceptors (Lipinski definition) is 4. The summed E-state index contributed by atoms with van der Waals surface area (Å²) in [5, 5.41) is 8.41. The van der Waals surface area contributed by atoms with E-state index >= 15 is 0 Å². The molecular formula is C12H15ClN4O. The van der Waals surface area contributed by atoms with E-state index in [4.69, 9.17) is 22.1 Å². The molecule has 1 heterocycles. The fraction of sp³-hybridized carbons (Fsp3) is 0.333. The zero-order valence-electron chi connectivity index (χ0n) is 10.1. The topological polar surface area (TPSA) is 66.0 Å². The molecule has 0 saturated carbocycles. The zero-order valence-corrected chi connectivity index (χ0v) is 10.9. The summed E-state index contributed by atoms with van der Waals surface area (Å²) in [6.45, 7) is 3.08. The molecule has 5 nitrogen and oxygen atoms in total. The quantitative estimate of drug-likeness (QED) is 0.901. The van der Waals surface area contributed by atoms with Gasteiger partial charge in [-0.1, -0.05) is 35.9 Å². The van der Waals surface area contributed by atoms with Gasteiger partial charge in [-0.15, -0.1) is 5.10 Å². The van der Waals surface area contributed by atoms with Crippen LogP contribution in [-0.2, 0) is 13.0 Å². The van der Waals surface area contributed by atoms with Gasteiger partial charge in [0.15, 0.2) is 5.82 Å². The summed E-state index contributed by atoms with van der Waals surface area (Å²) in [7, 11) is 0. The lowest BCUT2D eigenvalue weighted by Gasteiger charge is -2.08. The van der Waals surface area contributed by atoms with Crippen molar-refractivity contribution in [2.45, 2.75) is 19.9 Å². The number of aromatic nitrogens is 3. The van der Waals surface area contributed by atoms with E-state index in [2.05, 4.69) is 10.3 Å².